The summed E-state index contributed by atoms with van der Waals surface area (Å²) in [5.41, 5.74) is 0.567. The topological polar surface area (TPSA) is 58.8 Å². The van der Waals surface area contributed by atoms with Crippen LogP contribution in [0.1, 0.15) is 5.56 Å². The van der Waals surface area contributed by atoms with Crippen LogP contribution in [0.3, 0.4) is 0 Å². The van der Waals surface area contributed by atoms with E-state index in [1.807, 2.05) is 6.07 Å². The van der Waals surface area contributed by atoms with Crippen molar-refractivity contribution in [2.75, 3.05) is 0 Å². The first kappa shape index (κ1) is 10.4. The van der Waals surface area contributed by atoms with E-state index in [-0.39, 0.29) is 11.0 Å². The summed E-state index contributed by atoms with van der Waals surface area (Å²) >= 11 is 5.78. The maximum atomic E-state index is 8.63. The van der Waals surface area contributed by atoms with Gasteiger partial charge in [0, 0.05) is 12.4 Å². The van der Waals surface area contributed by atoms with E-state index in [4.69, 9.17) is 21.6 Å². The first-order chi connectivity index (χ1) is 7.79. The fourth-order valence-electron chi connectivity index (χ4n) is 1.09. The van der Waals surface area contributed by atoms with Crippen molar-refractivity contribution in [3.63, 3.8) is 0 Å². The molecule has 0 saturated heterocycles. The minimum absolute atomic E-state index is 0.201. The van der Waals surface area contributed by atoms with Gasteiger partial charge in [-0.05, 0) is 24.3 Å². The number of hydrogen-bond acceptors (Lipinski definition) is 4. The molecular formula is C11H6ClN3O. The average molecular weight is 232 g/mol. The molecule has 0 fully saturated rings. The molecule has 0 unspecified atom stereocenters. The van der Waals surface area contributed by atoms with Crippen LogP contribution in [0.4, 0.5) is 0 Å². The molecule has 5 heteroatoms. The molecule has 1 aromatic carbocycles. The Morgan fingerprint density at radius 1 is 1.12 bits per heavy atom. The van der Waals surface area contributed by atoms with Crippen LogP contribution in [0.5, 0.6) is 11.6 Å². The quantitative estimate of drug-likeness (QED) is 0.797. The minimum Gasteiger partial charge on any atom is -0.436 e. The Morgan fingerprint density at radius 2 is 1.81 bits per heavy atom. The molecule has 16 heavy (non-hydrogen) atoms. The summed E-state index contributed by atoms with van der Waals surface area (Å²) in [7, 11) is 0. The van der Waals surface area contributed by atoms with Crippen LogP contribution in [-0.2, 0) is 0 Å². The second kappa shape index (κ2) is 4.60. The van der Waals surface area contributed by atoms with E-state index in [1.165, 1.54) is 12.4 Å². The highest BCUT2D eigenvalue weighted by molar-refractivity contribution is 6.30. The van der Waals surface area contributed by atoms with Gasteiger partial charge in [-0.2, -0.15) is 5.26 Å². The Labute approximate surface area is 97.1 Å². The van der Waals surface area contributed by atoms with E-state index < -0.39 is 0 Å². The van der Waals surface area contributed by atoms with Crippen molar-refractivity contribution in [2.45, 2.75) is 0 Å². The summed E-state index contributed by atoms with van der Waals surface area (Å²) in [5.74, 6) is 0.801. The lowest BCUT2D eigenvalue weighted by Gasteiger charge is -2.04. The van der Waals surface area contributed by atoms with Gasteiger partial charge < -0.3 is 4.74 Å². The Morgan fingerprint density at radius 3 is 2.44 bits per heavy atom. The van der Waals surface area contributed by atoms with Gasteiger partial charge >= 0.3 is 0 Å². The van der Waals surface area contributed by atoms with Crippen molar-refractivity contribution in [2.24, 2.45) is 0 Å². The van der Waals surface area contributed by atoms with Crippen LogP contribution in [0, 0.1) is 11.3 Å². The third kappa shape index (κ3) is 2.27. The van der Waals surface area contributed by atoms with Crippen molar-refractivity contribution >= 4 is 11.6 Å². The SMILES string of the molecule is N#Cc1ccc(Oc2nccnc2Cl)cc1. The van der Waals surface area contributed by atoms with Gasteiger partial charge in [-0.3, -0.25) is 0 Å². The molecule has 78 valence electrons. The molecule has 0 N–H and O–H groups in total. The van der Waals surface area contributed by atoms with Crippen LogP contribution in [0.2, 0.25) is 5.15 Å². The molecule has 0 spiro atoms. The Kier molecular flexibility index (Phi) is 2.99. The maximum absolute atomic E-state index is 8.63. The Bertz CT molecular complexity index is 534. The molecule has 0 aliphatic heterocycles. The van der Waals surface area contributed by atoms with Crippen molar-refractivity contribution in [1.82, 2.24) is 9.97 Å². The van der Waals surface area contributed by atoms with Crippen LogP contribution in [-0.4, -0.2) is 9.97 Å². The summed E-state index contributed by atoms with van der Waals surface area (Å²) in [4.78, 5) is 7.77. The van der Waals surface area contributed by atoms with Crippen LogP contribution in [0.25, 0.3) is 0 Å². The maximum Gasteiger partial charge on any atom is 0.257 e. The predicted octanol–water partition coefficient (Wildman–Crippen LogP) is 2.79. The Balaban J connectivity index is 2.22. The second-order valence-corrected chi connectivity index (χ2v) is 3.25. The number of benzene rings is 1. The van der Waals surface area contributed by atoms with Crippen LogP contribution < -0.4 is 4.74 Å². The normalized spacial score (nSPS) is 9.50. The van der Waals surface area contributed by atoms with E-state index in [1.54, 1.807) is 24.3 Å². The fraction of sp³-hybridized carbons (Fsp3) is 0. The molecule has 0 amide bonds. The standard InChI is InChI=1S/C11H6ClN3O/c12-10-11(15-6-5-14-10)16-9-3-1-8(7-13)2-4-9/h1-6H. The fourth-order valence-corrected chi connectivity index (χ4v) is 1.23. The largest absolute Gasteiger partial charge is 0.436 e. The summed E-state index contributed by atoms with van der Waals surface area (Å²) in [6, 6.07) is 8.67. The molecule has 2 rings (SSSR count). The Hall–Kier alpha value is -2.12. The molecular weight excluding hydrogens is 226 g/mol. The lowest BCUT2D eigenvalue weighted by molar-refractivity contribution is 0.460. The molecule has 0 aliphatic rings. The monoisotopic (exact) mass is 231 g/mol. The average Bonchev–Trinajstić information content (AvgIpc) is 2.33. The molecule has 0 aliphatic carbocycles. The van der Waals surface area contributed by atoms with Crippen molar-refractivity contribution < 1.29 is 4.74 Å². The number of rotatable bonds is 2. The number of ether oxygens (including phenoxy) is 1. The van der Waals surface area contributed by atoms with E-state index in [0.717, 1.165) is 0 Å². The molecule has 0 saturated carbocycles. The van der Waals surface area contributed by atoms with E-state index in [0.29, 0.717) is 11.3 Å². The molecule has 0 bridgehead atoms. The van der Waals surface area contributed by atoms with E-state index in [9.17, 15) is 0 Å². The third-order valence-corrected chi connectivity index (χ3v) is 2.08. The first-order valence-electron chi connectivity index (χ1n) is 4.44. The van der Waals surface area contributed by atoms with Crippen LogP contribution >= 0.6 is 11.6 Å². The van der Waals surface area contributed by atoms with Gasteiger partial charge in [0.25, 0.3) is 5.88 Å². The van der Waals surface area contributed by atoms with Crippen molar-refractivity contribution in [3.8, 4) is 17.7 Å². The van der Waals surface area contributed by atoms with Gasteiger partial charge in [-0.25, -0.2) is 9.97 Å². The number of halogens is 1. The molecule has 0 radical (unpaired) electrons. The van der Waals surface area contributed by atoms with Gasteiger partial charge in [0.1, 0.15) is 5.75 Å². The summed E-state index contributed by atoms with van der Waals surface area (Å²) in [5, 5.41) is 8.83. The van der Waals surface area contributed by atoms with Crippen LogP contribution in [0.15, 0.2) is 36.7 Å². The van der Waals surface area contributed by atoms with Gasteiger partial charge in [-0.1, -0.05) is 11.6 Å². The third-order valence-electron chi connectivity index (χ3n) is 1.82. The number of nitriles is 1. The van der Waals surface area contributed by atoms with E-state index in [2.05, 4.69) is 9.97 Å². The number of aromatic nitrogens is 2. The minimum atomic E-state index is 0.201. The highest BCUT2D eigenvalue weighted by atomic mass is 35.5. The highest BCUT2D eigenvalue weighted by Crippen LogP contribution is 2.24. The smallest absolute Gasteiger partial charge is 0.257 e. The van der Waals surface area contributed by atoms with Crippen molar-refractivity contribution in [3.05, 3.63) is 47.4 Å². The lowest BCUT2D eigenvalue weighted by atomic mass is 10.2. The zero-order chi connectivity index (χ0) is 11.4. The lowest BCUT2D eigenvalue weighted by Crippen LogP contribution is -1.90. The van der Waals surface area contributed by atoms with E-state index >= 15 is 0 Å². The predicted molar refractivity (Wildman–Crippen MR) is 58.3 cm³/mol. The summed E-state index contributed by atoms with van der Waals surface area (Å²) in [6.07, 6.45) is 2.97. The number of hydrogen-bond donors (Lipinski definition) is 0. The zero-order valence-electron chi connectivity index (χ0n) is 8.09. The van der Waals surface area contributed by atoms with Gasteiger partial charge in [0.05, 0.1) is 11.6 Å². The van der Waals surface area contributed by atoms with Gasteiger partial charge in [0.15, 0.2) is 5.15 Å². The molecule has 0 atom stereocenters. The summed E-state index contributed by atoms with van der Waals surface area (Å²) < 4.78 is 5.39. The molecule has 4 nitrogen and oxygen atoms in total. The second-order valence-electron chi connectivity index (χ2n) is 2.89. The van der Waals surface area contributed by atoms with Gasteiger partial charge in [-0.15, -0.1) is 0 Å². The van der Waals surface area contributed by atoms with Crippen molar-refractivity contribution in [1.29, 1.82) is 5.26 Å². The van der Waals surface area contributed by atoms with Gasteiger partial charge in [0.2, 0.25) is 0 Å². The number of nitrogens with zero attached hydrogens (tertiary/aromatic N) is 3. The summed E-state index contributed by atoms with van der Waals surface area (Å²) in [6.45, 7) is 0. The first-order valence-corrected chi connectivity index (χ1v) is 4.82. The molecule has 1 heterocycles. The molecule has 1 aromatic heterocycles. The highest BCUT2D eigenvalue weighted by Gasteiger charge is 2.04. The zero-order valence-corrected chi connectivity index (χ0v) is 8.85. The molecule has 2 aromatic rings.